The monoisotopic (exact) mass is 250 g/mol. The maximum absolute atomic E-state index is 8.81. The molecule has 2 heterocycles. The smallest absolute Gasteiger partial charge is 0.172 e. The Kier molecular flexibility index (Phi) is 3.66. The Balaban J connectivity index is 2.32. The highest BCUT2D eigenvalue weighted by molar-refractivity contribution is 6.02. The first-order valence-corrected chi connectivity index (χ1v) is 5.94. The predicted octanol–water partition coefficient (Wildman–Crippen LogP) is 0.790. The number of anilines is 1. The summed E-state index contributed by atoms with van der Waals surface area (Å²) in [6, 6.07) is 1.75. The van der Waals surface area contributed by atoms with E-state index in [4.69, 9.17) is 15.7 Å². The molecule has 1 aromatic rings. The number of hydrogen-bond donors (Lipinski definition) is 2. The molecule has 0 aliphatic carbocycles. The zero-order valence-electron chi connectivity index (χ0n) is 10.6. The molecular formula is C12H18N4O2. The van der Waals surface area contributed by atoms with Gasteiger partial charge in [0, 0.05) is 24.8 Å². The summed E-state index contributed by atoms with van der Waals surface area (Å²) in [6.45, 7) is 5.59. The average Bonchev–Trinajstić information content (AvgIpc) is 2.36. The third kappa shape index (κ3) is 2.53. The van der Waals surface area contributed by atoms with E-state index in [1.807, 2.05) is 13.8 Å². The van der Waals surface area contributed by atoms with Gasteiger partial charge in [-0.25, -0.2) is 0 Å². The lowest BCUT2D eigenvalue weighted by atomic mass is 10.1. The number of oxime groups is 1. The van der Waals surface area contributed by atoms with Gasteiger partial charge in [-0.1, -0.05) is 5.16 Å². The van der Waals surface area contributed by atoms with Crippen LogP contribution in [0.1, 0.15) is 19.4 Å². The number of nitrogens with two attached hydrogens (primary N) is 1. The molecule has 0 bridgehead atoms. The summed E-state index contributed by atoms with van der Waals surface area (Å²) in [7, 11) is 0. The largest absolute Gasteiger partial charge is 0.409 e. The third-order valence-electron chi connectivity index (χ3n) is 2.94. The first-order valence-electron chi connectivity index (χ1n) is 5.94. The van der Waals surface area contributed by atoms with E-state index >= 15 is 0 Å². The lowest BCUT2D eigenvalue weighted by molar-refractivity contribution is -0.00524. The quantitative estimate of drug-likeness (QED) is 0.351. The minimum Gasteiger partial charge on any atom is -0.409 e. The van der Waals surface area contributed by atoms with Crippen LogP contribution in [0.25, 0.3) is 0 Å². The highest BCUT2D eigenvalue weighted by Crippen LogP contribution is 2.23. The lowest BCUT2D eigenvalue weighted by Crippen LogP contribution is -2.46. The van der Waals surface area contributed by atoms with Gasteiger partial charge in [0.1, 0.15) is 0 Å². The van der Waals surface area contributed by atoms with Gasteiger partial charge in [-0.3, -0.25) is 4.98 Å². The molecule has 1 aromatic heterocycles. The van der Waals surface area contributed by atoms with E-state index in [9.17, 15) is 0 Å². The fraction of sp³-hybridized carbons (Fsp3) is 0.500. The van der Waals surface area contributed by atoms with Crippen molar-refractivity contribution in [1.82, 2.24) is 4.98 Å². The predicted molar refractivity (Wildman–Crippen MR) is 69.0 cm³/mol. The molecule has 1 aliphatic rings. The van der Waals surface area contributed by atoms with Crippen molar-refractivity contribution >= 4 is 11.5 Å². The highest BCUT2D eigenvalue weighted by atomic mass is 16.5. The number of aromatic nitrogens is 1. The van der Waals surface area contributed by atoms with Crippen LogP contribution in [-0.2, 0) is 4.74 Å². The molecular weight excluding hydrogens is 232 g/mol. The summed E-state index contributed by atoms with van der Waals surface area (Å²) in [5.74, 6) is 0.0965. The van der Waals surface area contributed by atoms with Crippen LogP contribution in [0.4, 0.5) is 5.69 Å². The molecule has 0 aromatic carbocycles. The van der Waals surface area contributed by atoms with Crippen molar-refractivity contribution in [2.24, 2.45) is 10.9 Å². The molecule has 0 radical (unpaired) electrons. The number of ether oxygens (including phenoxy) is 1. The highest BCUT2D eigenvalue weighted by Gasteiger charge is 2.24. The lowest BCUT2D eigenvalue weighted by Gasteiger charge is -2.37. The molecule has 6 nitrogen and oxygen atoms in total. The summed E-state index contributed by atoms with van der Waals surface area (Å²) in [6.07, 6.45) is 3.66. The second-order valence-corrected chi connectivity index (χ2v) is 4.54. The number of hydrogen-bond acceptors (Lipinski definition) is 5. The molecule has 0 saturated carbocycles. The standard InChI is InChI=1S/C12H18N4O2/c1-8-6-16(7-9(2)18-8)11-5-14-4-3-10(11)12(13)15-17/h3-5,8-9,17H,6-7H2,1-2H3,(H2,13,15). The van der Waals surface area contributed by atoms with E-state index in [1.54, 1.807) is 18.5 Å². The first kappa shape index (κ1) is 12.6. The van der Waals surface area contributed by atoms with Crippen molar-refractivity contribution in [1.29, 1.82) is 0 Å². The summed E-state index contributed by atoms with van der Waals surface area (Å²) < 4.78 is 5.69. The van der Waals surface area contributed by atoms with Crippen LogP contribution in [0.5, 0.6) is 0 Å². The molecule has 0 spiro atoms. The van der Waals surface area contributed by atoms with Crippen molar-refractivity contribution in [2.45, 2.75) is 26.1 Å². The maximum Gasteiger partial charge on any atom is 0.172 e. The molecule has 2 unspecified atom stereocenters. The van der Waals surface area contributed by atoms with E-state index in [0.29, 0.717) is 5.56 Å². The second kappa shape index (κ2) is 5.22. The first-order chi connectivity index (χ1) is 8.61. The Labute approximate surface area is 106 Å². The molecule has 3 N–H and O–H groups in total. The SMILES string of the molecule is CC1CN(c2cnccc2/C(N)=N/O)CC(C)O1. The zero-order chi connectivity index (χ0) is 13.1. The van der Waals surface area contributed by atoms with E-state index in [2.05, 4.69) is 15.0 Å². The van der Waals surface area contributed by atoms with Crippen LogP contribution in [0.3, 0.4) is 0 Å². The fourth-order valence-corrected chi connectivity index (χ4v) is 2.28. The van der Waals surface area contributed by atoms with Crippen LogP contribution in [0.15, 0.2) is 23.6 Å². The molecule has 1 saturated heterocycles. The summed E-state index contributed by atoms with van der Waals surface area (Å²) in [5.41, 5.74) is 7.24. The van der Waals surface area contributed by atoms with E-state index in [1.165, 1.54) is 0 Å². The Morgan fingerprint density at radius 1 is 1.50 bits per heavy atom. The number of nitrogens with zero attached hydrogens (tertiary/aromatic N) is 3. The zero-order valence-corrected chi connectivity index (χ0v) is 10.6. The van der Waals surface area contributed by atoms with Gasteiger partial charge in [0.15, 0.2) is 5.84 Å². The van der Waals surface area contributed by atoms with Crippen LogP contribution in [0.2, 0.25) is 0 Å². The topological polar surface area (TPSA) is 84.0 Å². The molecule has 2 rings (SSSR count). The van der Waals surface area contributed by atoms with Gasteiger partial charge in [0.25, 0.3) is 0 Å². The molecule has 6 heteroatoms. The molecule has 98 valence electrons. The second-order valence-electron chi connectivity index (χ2n) is 4.54. The average molecular weight is 250 g/mol. The van der Waals surface area contributed by atoms with Crippen LogP contribution in [-0.4, -0.2) is 41.3 Å². The Bertz CT molecular complexity index is 439. The Hall–Kier alpha value is -1.82. The number of rotatable bonds is 2. The summed E-state index contributed by atoms with van der Waals surface area (Å²) in [4.78, 5) is 6.26. The molecule has 1 fully saturated rings. The minimum absolute atomic E-state index is 0.0965. The summed E-state index contributed by atoms with van der Waals surface area (Å²) >= 11 is 0. The minimum atomic E-state index is 0.0965. The van der Waals surface area contributed by atoms with Gasteiger partial charge in [0.05, 0.1) is 24.1 Å². The fourth-order valence-electron chi connectivity index (χ4n) is 2.28. The van der Waals surface area contributed by atoms with Crippen LogP contribution >= 0.6 is 0 Å². The van der Waals surface area contributed by atoms with E-state index < -0.39 is 0 Å². The molecule has 2 atom stereocenters. The summed E-state index contributed by atoms with van der Waals surface area (Å²) in [5, 5.41) is 11.9. The molecule has 0 amide bonds. The number of pyridine rings is 1. The van der Waals surface area contributed by atoms with Gasteiger partial charge in [0.2, 0.25) is 0 Å². The van der Waals surface area contributed by atoms with Crippen LogP contribution < -0.4 is 10.6 Å². The van der Waals surface area contributed by atoms with Crippen LogP contribution in [0, 0.1) is 0 Å². The number of morpholine rings is 1. The normalized spacial score (nSPS) is 25.2. The van der Waals surface area contributed by atoms with Gasteiger partial charge < -0.3 is 20.6 Å². The maximum atomic E-state index is 8.81. The Morgan fingerprint density at radius 2 is 2.17 bits per heavy atom. The van der Waals surface area contributed by atoms with Crippen molar-refractivity contribution in [3.05, 3.63) is 24.0 Å². The molecule has 1 aliphatic heterocycles. The number of amidine groups is 1. The van der Waals surface area contributed by atoms with E-state index in [0.717, 1.165) is 18.8 Å². The van der Waals surface area contributed by atoms with Crippen molar-refractivity contribution in [2.75, 3.05) is 18.0 Å². The van der Waals surface area contributed by atoms with Gasteiger partial charge in [-0.15, -0.1) is 0 Å². The van der Waals surface area contributed by atoms with Gasteiger partial charge >= 0.3 is 0 Å². The van der Waals surface area contributed by atoms with E-state index in [-0.39, 0.29) is 18.0 Å². The van der Waals surface area contributed by atoms with Gasteiger partial charge in [-0.2, -0.15) is 0 Å². The third-order valence-corrected chi connectivity index (χ3v) is 2.94. The van der Waals surface area contributed by atoms with Crippen molar-refractivity contribution in [3.8, 4) is 0 Å². The Morgan fingerprint density at radius 3 is 2.78 bits per heavy atom. The molecule has 18 heavy (non-hydrogen) atoms. The van der Waals surface area contributed by atoms with Crippen molar-refractivity contribution < 1.29 is 9.94 Å². The van der Waals surface area contributed by atoms with Gasteiger partial charge in [-0.05, 0) is 19.9 Å². The van der Waals surface area contributed by atoms with Crippen molar-refractivity contribution in [3.63, 3.8) is 0 Å².